The summed E-state index contributed by atoms with van der Waals surface area (Å²) in [4.78, 5) is 29.1. The minimum absolute atomic E-state index is 0.0942. The molecule has 2 heterocycles. The summed E-state index contributed by atoms with van der Waals surface area (Å²) in [5, 5.41) is 12.2. The van der Waals surface area contributed by atoms with E-state index in [1.165, 1.54) is 9.31 Å². The molecule has 40 heavy (non-hydrogen) atoms. The van der Waals surface area contributed by atoms with Crippen LogP contribution < -0.4 is 5.43 Å². The molecule has 0 aromatic heterocycles. The van der Waals surface area contributed by atoms with Gasteiger partial charge in [0.15, 0.2) is 0 Å². The van der Waals surface area contributed by atoms with Gasteiger partial charge in [-0.3, -0.25) is 10.2 Å². The molecular weight excluding hydrogens is 526 g/mol. The molecule has 2 fully saturated rings. The third kappa shape index (κ3) is 5.96. The molecule has 0 spiro atoms. The summed E-state index contributed by atoms with van der Waals surface area (Å²) in [6.45, 7) is 1.52. The van der Waals surface area contributed by atoms with E-state index in [0.29, 0.717) is 31.5 Å². The van der Waals surface area contributed by atoms with Crippen molar-refractivity contribution in [1.82, 2.24) is 19.6 Å². The fourth-order valence-corrected chi connectivity index (χ4v) is 7.11. The first-order chi connectivity index (χ1) is 19.4. The zero-order valence-corrected chi connectivity index (χ0v) is 23.1. The van der Waals surface area contributed by atoms with E-state index in [0.717, 1.165) is 42.0 Å². The van der Waals surface area contributed by atoms with Crippen LogP contribution in [-0.2, 0) is 21.4 Å². The smallest absolute Gasteiger partial charge is 0.323 e. The summed E-state index contributed by atoms with van der Waals surface area (Å²) in [5.41, 5.74) is 4.01. The van der Waals surface area contributed by atoms with Gasteiger partial charge in [-0.1, -0.05) is 55.3 Å². The average molecular weight is 560 g/mol. The Morgan fingerprint density at radius 2 is 1.60 bits per heavy atom. The highest BCUT2D eigenvalue weighted by atomic mass is 32.2. The van der Waals surface area contributed by atoms with Crippen LogP contribution in [0.2, 0.25) is 0 Å². The molecule has 5 rings (SSSR count). The summed E-state index contributed by atoms with van der Waals surface area (Å²) in [6.07, 6.45) is 4.79. The summed E-state index contributed by atoms with van der Waals surface area (Å²) < 4.78 is 28.6. The number of amides is 3. The molecule has 3 aromatic rings. The van der Waals surface area contributed by atoms with E-state index in [1.54, 1.807) is 47.4 Å². The van der Waals surface area contributed by atoms with E-state index in [1.807, 2.05) is 24.3 Å². The van der Waals surface area contributed by atoms with Gasteiger partial charge in [-0.25, -0.2) is 18.2 Å². The normalized spacial score (nSPS) is 18.2. The second-order valence-electron chi connectivity index (χ2n) is 10.3. The Morgan fingerprint density at radius 3 is 2.30 bits per heavy atom. The molecule has 10 heteroatoms. The van der Waals surface area contributed by atoms with Crippen LogP contribution >= 0.6 is 0 Å². The number of carbonyl (C=O) groups excluding carboxylic acids is 2. The van der Waals surface area contributed by atoms with Gasteiger partial charge in [-0.2, -0.15) is 9.57 Å². The lowest BCUT2D eigenvalue weighted by molar-refractivity contribution is -0.128. The van der Waals surface area contributed by atoms with Crippen molar-refractivity contribution in [3.05, 3.63) is 77.9 Å². The predicted molar refractivity (Wildman–Crippen MR) is 151 cm³/mol. The Labute approximate surface area is 235 Å². The minimum Gasteiger partial charge on any atom is -0.323 e. The first-order valence-corrected chi connectivity index (χ1v) is 15.2. The number of hydrogen-bond acceptors (Lipinski definition) is 5. The first-order valence-electron chi connectivity index (χ1n) is 13.7. The fraction of sp³-hybridized carbons (Fsp3) is 0.367. The Hall–Kier alpha value is -3.94. The number of hydrogen-bond donors (Lipinski definition) is 1. The SMILES string of the molecule is N#Cc1ccc(CN(NC(=O)C2CCCN2S(=O)(=O)c2ccc3ccccc3c2)C(=O)N2CCCCCC2)cc1. The average Bonchev–Trinajstić information content (AvgIpc) is 3.33. The summed E-state index contributed by atoms with van der Waals surface area (Å²) in [7, 11) is -3.94. The number of likely N-dealkylation sites (tertiary alicyclic amines) is 1. The molecule has 0 bridgehead atoms. The number of benzene rings is 3. The number of rotatable bonds is 5. The first kappa shape index (κ1) is 27.6. The highest BCUT2D eigenvalue weighted by Gasteiger charge is 2.40. The van der Waals surface area contributed by atoms with E-state index in [-0.39, 0.29) is 24.0 Å². The molecular formula is C30H33N5O4S. The number of nitriles is 1. The van der Waals surface area contributed by atoms with Crippen molar-refractivity contribution < 1.29 is 18.0 Å². The summed E-state index contributed by atoms with van der Waals surface area (Å²) in [6, 6.07) is 20.2. The molecule has 208 valence electrons. The molecule has 3 amide bonds. The van der Waals surface area contributed by atoms with Gasteiger partial charge < -0.3 is 4.90 Å². The van der Waals surface area contributed by atoms with Gasteiger partial charge >= 0.3 is 6.03 Å². The number of fused-ring (bicyclic) bond motifs is 1. The molecule has 0 saturated carbocycles. The van der Waals surface area contributed by atoms with Crippen LogP contribution in [0.3, 0.4) is 0 Å². The molecule has 2 aliphatic rings. The van der Waals surface area contributed by atoms with E-state index < -0.39 is 22.0 Å². The Kier molecular flexibility index (Phi) is 8.33. The monoisotopic (exact) mass is 559 g/mol. The molecule has 3 aromatic carbocycles. The standard InChI is InChI=1S/C30H33N5O4S/c31-21-23-11-13-24(14-12-23)22-34(30(37)33-17-5-1-2-6-18-33)32-29(36)28-10-7-19-35(28)40(38,39)27-16-15-25-8-3-4-9-26(25)20-27/h3-4,8-9,11-16,20,28H,1-2,5-7,10,17-19,22H2,(H,32,36). The van der Waals surface area contributed by atoms with Gasteiger partial charge in [0.25, 0.3) is 5.91 Å². The molecule has 2 aliphatic heterocycles. The van der Waals surface area contributed by atoms with Gasteiger partial charge in [0, 0.05) is 19.6 Å². The Balaban J connectivity index is 1.38. The maximum atomic E-state index is 13.7. The maximum absolute atomic E-state index is 13.7. The number of carbonyl (C=O) groups is 2. The number of urea groups is 1. The fourth-order valence-electron chi connectivity index (χ4n) is 5.42. The van der Waals surface area contributed by atoms with Crippen molar-refractivity contribution in [2.75, 3.05) is 19.6 Å². The largest absolute Gasteiger partial charge is 0.339 e. The van der Waals surface area contributed by atoms with Crippen molar-refractivity contribution in [2.45, 2.75) is 56.0 Å². The Bertz CT molecular complexity index is 1530. The molecule has 1 N–H and O–H groups in total. The van der Waals surface area contributed by atoms with E-state index in [2.05, 4.69) is 11.5 Å². The number of nitrogens with zero attached hydrogens (tertiary/aromatic N) is 4. The van der Waals surface area contributed by atoms with Gasteiger partial charge in [0.1, 0.15) is 6.04 Å². The number of nitrogens with one attached hydrogen (secondary N) is 1. The van der Waals surface area contributed by atoms with Crippen LogP contribution in [0.5, 0.6) is 0 Å². The predicted octanol–water partition coefficient (Wildman–Crippen LogP) is 4.39. The van der Waals surface area contributed by atoms with Crippen molar-refractivity contribution in [2.24, 2.45) is 0 Å². The van der Waals surface area contributed by atoms with E-state index in [9.17, 15) is 18.0 Å². The van der Waals surface area contributed by atoms with Crippen molar-refractivity contribution in [3.63, 3.8) is 0 Å². The van der Waals surface area contributed by atoms with Crippen LogP contribution in [0.4, 0.5) is 4.79 Å². The third-order valence-corrected chi connectivity index (χ3v) is 9.51. The van der Waals surface area contributed by atoms with Gasteiger partial charge in [0.05, 0.1) is 23.1 Å². The molecule has 0 radical (unpaired) electrons. The van der Waals surface area contributed by atoms with Crippen molar-refractivity contribution in [3.8, 4) is 6.07 Å². The van der Waals surface area contributed by atoms with Crippen molar-refractivity contribution in [1.29, 1.82) is 5.26 Å². The Morgan fingerprint density at radius 1 is 0.900 bits per heavy atom. The summed E-state index contributed by atoms with van der Waals surface area (Å²) in [5.74, 6) is -0.529. The number of sulfonamides is 1. The van der Waals surface area contributed by atoms with E-state index in [4.69, 9.17) is 5.26 Å². The van der Waals surface area contributed by atoms with Crippen LogP contribution in [0.1, 0.15) is 49.7 Å². The lowest BCUT2D eigenvalue weighted by atomic mass is 10.1. The van der Waals surface area contributed by atoms with Crippen LogP contribution in [0, 0.1) is 11.3 Å². The minimum atomic E-state index is -3.94. The molecule has 1 unspecified atom stereocenters. The quantitative estimate of drug-likeness (QED) is 0.466. The van der Waals surface area contributed by atoms with E-state index >= 15 is 0 Å². The highest BCUT2D eigenvalue weighted by molar-refractivity contribution is 7.89. The third-order valence-electron chi connectivity index (χ3n) is 7.61. The summed E-state index contributed by atoms with van der Waals surface area (Å²) >= 11 is 0. The molecule has 9 nitrogen and oxygen atoms in total. The van der Waals surface area contributed by atoms with Gasteiger partial charge in [-0.05, 0) is 66.3 Å². The van der Waals surface area contributed by atoms with Crippen LogP contribution in [-0.4, -0.2) is 60.2 Å². The lowest BCUT2D eigenvalue weighted by Crippen LogP contribution is -2.56. The molecule has 1 atom stereocenters. The zero-order chi connectivity index (χ0) is 28.1. The molecule has 2 saturated heterocycles. The topological polar surface area (TPSA) is 114 Å². The number of hydrazine groups is 1. The van der Waals surface area contributed by atoms with Gasteiger partial charge in [-0.15, -0.1) is 0 Å². The second-order valence-corrected chi connectivity index (χ2v) is 12.2. The van der Waals surface area contributed by atoms with Crippen molar-refractivity contribution >= 4 is 32.7 Å². The van der Waals surface area contributed by atoms with Crippen LogP contribution in [0.15, 0.2) is 71.6 Å². The lowest BCUT2D eigenvalue weighted by Gasteiger charge is -2.32. The van der Waals surface area contributed by atoms with Gasteiger partial charge in [0.2, 0.25) is 10.0 Å². The molecule has 0 aliphatic carbocycles. The second kappa shape index (κ2) is 12.1. The maximum Gasteiger partial charge on any atom is 0.339 e. The zero-order valence-electron chi connectivity index (χ0n) is 22.3. The van der Waals surface area contributed by atoms with Crippen LogP contribution in [0.25, 0.3) is 10.8 Å². The highest BCUT2D eigenvalue weighted by Crippen LogP contribution is 2.28.